The van der Waals surface area contributed by atoms with Gasteiger partial charge in [-0.25, -0.2) is 0 Å². The first-order valence-electron chi connectivity index (χ1n) is 7.48. The highest BCUT2D eigenvalue weighted by molar-refractivity contribution is 5.88. The van der Waals surface area contributed by atoms with Crippen molar-refractivity contribution >= 4 is 11.6 Å². The molecule has 0 aliphatic heterocycles. The number of para-hydroxylation sites is 1. The number of nitrogens with one attached hydrogen (secondary N) is 2. The number of benzene rings is 2. The Morgan fingerprint density at radius 1 is 1.14 bits per heavy atom. The highest BCUT2D eigenvalue weighted by atomic mass is 16.3. The average molecular weight is 298 g/mol. The van der Waals surface area contributed by atoms with Crippen LogP contribution in [0.5, 0.6) is 5.75 Å². The molecule has 0 bridgehead atoms. The predicted molar refractivity (Wildman–Crippen MR) is 88.7 cm³/mol. The maximum atomic E-state index is 11.0. The molecule has 2 aromatic rings. The Balaban J connectivity index is 1.99. The van der Waals surface area contributed by atoms with Crippen LogP contribution in [0.3, 0.4) is 0 Å². The van der Waals surface area contributed by atoms with Crippen LogP contribution in [0.2, 0.25) is 0 Å². The molecule has 0 aromatic heterocycles. The zero-order chi connectivity index (χ0) is 15.9. The largest absolute Gasteiger partial charge is 0.508 e. The quantitative estimate of drug-likeness (QED) is 0.763. The molecule has 0 fully saturated rings. The monoisotopic (exact) mass is 298 g/mol. The van der Waals surface area contributed by atoms with E-state index in [1.54, 1.807) is 6.07 Å². The van der Waals surface area contributed by atoms with Gasteiger partial charge in [0.2, 0.25) is 5.91 Å². The van der Waals surface area contributed by atoms with Crippen LogP contribution in [0.4, 0.5) is 5.69 Å². The Morgan fingerprint density at radius 3 is 2.41 bits per heavy atom. The summed E-state index contributed by atoms with van der Waals surface area (Å²) in [6, 6.07) is 15.3. The minimum Gasteiger partial charge on any atom is -0.508 e. The van der Waals surface area contributed by atoms with Gasteiger partial charge < -0.3 is 15.7 Å². The molecule has 2 aromatic carbocycles. The fourth-order valence-electron chi connectivity index (χ4n) is 2.41. The lowest BCUT2D eigenvalue weighted by molar-refractivity contribution is -0.114. The van der Waals surface area contributed by atoms with Gasteiger partial charge in [0.1, 0.15) is 5.75 Å². The highest BCUT2D eigenvalue weighted by Gasteiger charge is 2.12. The lowest BCUT2D eigenvalue weighted by Gasteiger charge is -2.18. The Hall–Kier alpha value is -2.33. The fourth-order valence-corrected chi connectivity index (χ4v) is 2.41. The summed E-state index contributed by atoms with van der Waals surface area (Å²) in [5.74, 6) is 0.249. The zero-order valence-corrected chi connectivity index (χ0v) is 13.0. The van der Waals surface area contributed by atoms with Crippen molar-refractivity contribution in [2.24, 2.45) is 0 Å². The third-order valence-corrected chi connectivity index (χ3v) is 3.55. The summed E-state index contributed by atoms with van der Waals surface area (Å²) in [5.41, 5.74) is 2.84. The van der Waals surface area contributed by atoms with Crippen LogP contribution in [0.15, 0.2) is 48.5 Å². The van der Waals surface area contributed by atoms with Crippen molar-refractivity contribution in [2.45, 2.75) is 32.9 Å². The minimum atomic E-state index is -0.0727. The molecule has 0 spiro atoms. The molecule has 116 valence electrons. The molecule has 1 amide bonds. The van der Waals surface area contributed by atoms with Gasteiger partial charge in [-0.05, 0) is 30.2 Å². The number of carbonyl (C=O) groups excluding carboxylic acids is 1. The summed E-state index contributed by atoms with van der Waals surface area (Å²) in [7, 11) is 0. The van der Waals surface area contributed by atoms with E-state index in [1.165, 1.54) is 6.92 Å². The second-order valence-corrected chi connectivity index (χ2v) is 5.28. The van der Waals surface area contributed by atoms with Gasteiger partial charge in [0.25, 0.3) is 0 Å². The van der Waals surface area contributed by atoms with Gasteiger partial charge in [-0.2, -0.15) is 0 Å². The molecule has 4 heteroatoms. The molecule has 2 rings (SSSR count). The molecule has 0 saturated heterocycles. The van der Waals surface area contributed by atoms with Gasteiger partial charge in [0, 0.05) is 30.8 Å². The van der Waals surface area contributed by atoms with Gasteiger partial charge in [-0.15, -0.1) is 0 Å². The Bertz CT molecular complexity index is 623. The topological polar surface area (TPSA) is 61.4 Å². The van der Waals surface area contributed by atoms with Crippen molar-refractivity contribution in [3.05, 3.63) is 59.7 Å². The van der Waals surface area contributed by atoms with Crippen molar-refractivity contribution in [2.75, 3.05) is 5.32 Å². The number of anilines is 1. The molecule has 4 nitrogen and oxygen atoms in total. The number of phenolic OH excluding ortho intramolecular Hbond substituents is 1. The van der Waals surface area contributed by atoms with Crippen LogP contribution in [0.1, 0.15) is 37.4 Å². The summed E-state index contributed by atoms with van der Waals surface area (Å²) in [4.78, 5) is 11.0. The van der Waals surface area contributed by atoms with Crippen molar-refractivity contribution < 1.29 is 9.90 Å². The molecule has 3 N–H and O–H groups in total. The minimum absolute atomic E-state index is 0.0727. The molecule has 1 atom stereocenters. The zero-order valence-electron chi connectivity index (χ0n) is 13.0. The van der Waals surface area contributed by atoms with Gasteiger partial charge in [-0.3, -0.25) is 4.79 Å². The third kappa shape index (κ3) is 4.33. The van der Waals surface area contributed by atoms with E-state index in [4.69, 9.17) is 0 Å². The first-order valence-corrected chi connectivity index (χ1v) is 7.48. The van der Waals surface area contributed by atoms with Gasteiger partial charge in [0.15, 0.2) is 0 Å². The lowest BCUT2D eigenvalue weighted by atomic mass is 10.0. The molecule has 0 aliphatic rings. The number of phenols is 1. The summed E-state index contributed by atoms with van der Waals surface area (Å²) in [6.45, 7) is 4.28. The molecule has 22 heavy (non-hydrogen) atoms. The Kier molecular flexibility index (Phi) is 5.55. The summed E-state index contributed by atoms with van der Waals surface area (Å²) >= 11 is 0. The number of aromatic hydroxyl groups is 1. The van der Waals surface area contributed by atoms with Crippen molar-refractivity contribution in [1.29, 1.82) is 0 Å². The van der Waals surface area contributed by atoms with Gasteiger partial charge in [-0.1, -0.05) is 37.3 Å². The predicted octanol–water partition coefficient (Wildman–Crippen LogP) is 3.59. The second kappa shape index (κ2) is 7.61. The molecule has 0 saturated carbocycles. The van der Waals surface area contributed by atoms with Crippen molar-refractivity contribution in [1.82, 2.24) is 5.32 Å². The van der Waals surface area contributed by atoms with Gasteiger partial charge in [0.05, 0.1) is 0 Å². The second-order valence-electron chi connectivity index (χ2n) is 5.28. The maximum absolute atomic E-state index is 11.0. The summed E-state index contributed by atoms with van der Waals surface area (Å²) in [6.07, 6.45) is 0.890. The standard InChI is InChI=1S/C18H22N2O2/c1-3-17(16-6-4-5-7-18(16)22)19-12-14-8-10-15(11-9-14)20-13(2)21/h4-11,17,19,22H,3,12H2,1-2H3,(H,20,21). The van der Waals surface area contributed by atoms with E-state index in [-0.39, 0.29) is 11.9 Å². The third-order valence-electron chi connectivity index (χ3n) is 3.55. The number of hydrogen-bond donors (Lipinski definition) is 3. The fraction of sp³-hybridized carbons (Fsp3) is 0.278. The number of hydrogen-bond acceptors (Lipinski definition) is 3. The van der Waals surface area contributed by atoms with E-state index in [9.17, 15) is 9.90 Å². The summed E-state index contributed by atoms with van der Waals surface area (Å²) in [5, 5.41) is 16.2. The number of carbonyl (C=O) groups is 1. The molecule has 0 aliphatic carbocycles. The van der Waals surface area contributed by atoms with Crippen LogP contribution >= 0.6 is 0 Å². The van der Waals surface area contributed by atoms with Crippen LogP contribution in [-0.4, -0.2) is 11.0 Å². The molecule has 1 unspecified atom stereocenters. The van der Waals surface area contributed by atoms with E-state index < -0.39 is 0 Å². The summed E-state index contributed by atoms with van der Waals surface area (Å²) < 4.78 is 0. The van der Waals surface area contributed by atoms with Gasteiger partial charge >= 0.3 is 0 Å². The average Bonchev–Trinajstić information content (AvgIpc) is 2.50. The SMILES string of the molecule is CCC(NCc1ccc(NC(C)=O)cc1)c1ccccc1O. The van der Waals surface area contributed by atoms with E-state index in [1.807, 2.05) is 42.5 Å². The van der Waals surface area contributed by atoms with Crippen molar-refractivity contribution in [3.63, 3.8) is 0 Å². The van der Waals surface area contributed by atoms with Crippen LogP contribution in [-0.2, 0) is 11.3 Å². The van der Waals surface area contributed by atoms with Crippen molar-refractivity contribution in [3.8, 4) is 5.75 Å². The molecular formula is C18H22N2O2. The lowest BCUT2D eigenvalue weighted by Crippen LogP contribution is -2.20. The maximum Gasteiger partial charge on any atom is 0.221 e. The highest BCUT2D eigenvalue weighted by Crippen LogP contribution is 2.26. The van der Waals surface area contributed by atoms with Crippen LogP contribution in [0, 0.1) is 0 Å². The molecule has 0 radical (unpaired) electrons. The van der Waals surface area contributed by atoms with E-state index >= 15 is 0 Å². The Morgan fingerprint density at radius 2 is 1.82 bits per heavy atom. The van der Waals surface area contributed by atoms with Crippen LogP contribution in [0.25, 0.3) is 0 Å². The molecule has 0 heterocycles. The van der Waals surface area contributed by atoms with E-state index in [2.05, 4.69) is 17.6 Å². The molecular weight excluding hydrogens is 276 g/mol. The first-order chi connectivity index (χ1) is 10.6. The first kappa shape index (κ1) is 16.0. The smallest absolute Gasteiger partial charge is 0.221 e. The number of amides is 1. The normalized spacial score (nSPS) is 11.9. The number of rotatable bonds is 6. The van der Waals surface area contributed by atoms with E-state index in [0.717, 1.165) is 23.2 Å². The Labute approximate surface area is 131 Å². The van der Waals surface area contributed by atoms with E-state index in [0.29, 0.717) is 12.3 Å². The van der Waals surface area contributed by atoms with Crippen LogP contribution < -0.4 is 10.6 Å².